The predicted molar refractivity (Wildman–Crippen MR) is 79.8 cm³/mol. The van der Waals surface area contributed by atoms with Crippen molar-refractivity contribution in [3.8, 4) is 5.75 Å². The van der Waals surface area contributed by atoms with Crippen molar-refractivity contribution in [2.24, 2.45) is 5.73 Å². The van der Waals surface area contributed by atoms with Gasteiger partial charge in [-0.1, -0.05) is 17.7 Å². The van der Waals surface area contributed by atoms with Crippen LogP contribution in [-0.4, -0.2) is 24.6 Å². The van der Waals surface area contributed by atoms with Crippen LogP contribution in [0.4, 0.5) is 0 Å². The monoisotopic (exact) mass is 286 g/mol. The van der Waals surface area contributed by atoms with E-state index in [0.717, 1.165) is 12.0 Å². The highest BCUT2D eigenvalue weighted by atomic mass is 35.5. The number of hydrogen-bond donors (Lipinski definition) is 2. The predicted octanol–water partition coefficient (Wildman–Crippen LogP) is 2.04. The lowest BCUT2D eigenvalue weighted by Crippen LogP contribution is -2.38. The van der Waals surface area contributed by atoms with Gasteiger partial charge < -0.3 is 15.8 Å². The second kappa shape index (κ2) is 8.77. The number of nitrogens with one attached hydrogen (secondary N) is 1. The Morgan fingerprint density at radius 1 is 1.32 bits per heavy atom. The van der Waals surface area contributed by atoms with Gasteiger partial charge in [0, 0.05) is 12.6 Å². The molecule has 0 aliphatic heterocycles. The molecule has 0 aliphatic rings. The molecule has 1 aromatic rings. The molecular formula is C14H23ClN2O2. The minimum Gasteiger partial charge on any atom is -0.481 e. The minimum absolute atomic E-state index is 0. The number of rotatable bonds is 6. The average Bonchev–Trinajstić information content (AvgIpc) is 2.31. The molecule has 0 radical (unpaired) electrons. The number of nitrogens with two attached hydrogens (primary N) is 1. The second-order valence-electron chi connectivity index (χ2n) is 4.63. The van der Waals surface area contributed by atoms with Crippen LogP contribution < -0.4 is 15.8 Å². The maximum absolute atomic E-state index is 11.7. The van der Waals surface area contributed by atoms with Gasteiger partial charge >= 0.3 is 0 Å². The van der Waals surface area contributed by atoms with Gasteiger partial charge in [-0.25, -0.2) is 0 Å². The van der Waals surface area contributed by atoms with Crippen LogP contribution in [0.3, 0.4) is 0 Å². The Hall–Kier alpha value is -1.26. The maximum Gasteiger partial charge on any atom is 0.260 e. The van der Waals surface area contributed by atoms with Crippen LogP contribution in [0, 0.1) is 6.92 Å². The molecule has 0 saturated carbocycles. The number of carbonyl (C=O) groups is 1. The Bertz CT molecular complexity index is 380. The minimum atomic E-state index is -0.499. The highest BCUT2D eigenvalue weighted by molar-refractivity contribution is 5.85. The van der Waals surface area contributed by atoms with E-state index in [1.54, 1.807) is 6.92 Å². The fraction of sp³-hybridized carbons (Fsp3) is 0.500. The smallest absolute Gasteiger partial charge is 0.260 e. The van der Waals surface area contributed by atoms with E-state index < -0.39 is 6.10 Å². The van der Waals surface area contributed by atoms with Crippen LogP contribution in [0.15, 0.2) is 24.3 Å². The molecule has 1 aromatic carbocycles. The first-order chi connectivity index (χ1) is 8.49. The maximum atomic E-state index is 11.7. The molecule has 19 heavy (non-hydrogen) atoms. The molecule has 2 unspecified atom stereocenters. The Morgan fingerprint density at radius 2 is 1.89 bits per heavy atom. The third-order valence-corrected chi connectivity index (χ3v) is 2.60. The van der Waals surface area contributed by atoms with Crippen molar-refractivity contribution in [3.63, 3.8) is 0 Å². The van der Waals surface area contributed by atoms with Gasteiger partial charge in [-0.2, -0.15) is 0 Å². The van der Waals surface area contributed by atoms with E-state index in [-0.39, 0.29) is 24.4 Å². The number of aryl methyl sites for hydroxylation is 1. The molecule has 5 heteroatoms. The van der Waals surface area contributed by atoms with E-state index in [1.807, 2.05) is 38.1 Å². The number of hydrogen-bond acceptors (Lipinski definition) is 3. The first-order valence-electron chi connectivity index (χ1n) is 6.25. The van der Waals surface area contributed by atoms with Gasteiger partial charge in [0.05, 0.1) is 0 Å². The van der Waals surface area contributed by atoms with E-state index >= 15 is 0 Å². The molecule has 0 heterocycles. The zero-order chi connectivity index (χ0) is 13.5. The standard InChI is InChI=1S/C14H22N2O2.ClH/c1-10-4-6-13(7-5-10)18-12(3)14(17)16-9-8-11(2)15;/h4-7,11-12H,8-9,15H2,1-3H3,(H,16,17);1H. The quantitative estimate of drug-likeness (QED) is 0.841. The molecule has 0 spiro atoms. The number of benzene rings is 1. The Balaban J connectivity index is 0.00000324. The first kappa shape index (κ1) is 17.7. The normalized spacial score (nSPS) is 13.1. The van der Waals surface area contributed by atoms with Crippen LogP contribution >= 0.6 is 12.4 Å². The highest BCUT2D eigenvalue weighted by Gasteiger charge is 2.13. The van der Waals surface area contributed by atoms with E-state index in [9.17, 15) is 4.79 Å². The highest BCUT2D eigenvalue weighted by Crippen LogP contribution is 2.13. The summed E-state index contributed by atoms with van der Waals surface area (Å²) in [5.74, 6) is 0.590. The van der Waals surface area contributed by atoms with Gasteiger partial charge in [0.15, 0.2) is 6.10 Å². The lowest BCUT2D eigenvalue weighted by atomic mass is 10.2. The van der Waals surface area contributed by atoms with Gasteiger partial charge in [-0.3, -0.25) is 4.79 Å². The molecule has 0 bridgehead atoms. The molecular weight excluding hydrogens is 264 g/mol. The van der Waals surface area contributed by atoms with E-state index in [0.29, 0.717) is 12.3 Å². The number of carbonyl (C=O) groups excluding carboxylic acids is 1. The van der Waals surface area contributed by atoms with Crippen molar-refractivity contribution in [2.45, 2.75) is 39.3 Å². The molecule has 108 valence electrons. The third kappa shape index (κ3) is 7.03. The molecule has 1 rings (SSSR count). The van der Waals surface area contributed by atoms with Crippen LogP contribution in [0.25, 0.3) is 0 Å². The molecule has 0 fully saturated rings. The topological polar surface area (TPSA) is 64.3 Å². The molecule has 4 nitrogen and oxygen atoms in total. The Labute approximate surface area is 121 Å². The summed E-state index contributed by atoms with van der Waals surface area (Å²) in [6, 6.07) is 7.73. The zero-order valence-corrected chi connectivity index (χ0v) is 12.5. The second-order valence-corrected chi connectivity index (χ2v) is 4.63. The summed E-state index contributed by atoms with van der Waals surface area (Å²) < 4.78 is 5.55. The summed E-state index contributed by atoms with van der Waals surface area (Å²) in [5.41, 5.74) is 6.77. The average molecular weight is 287 g/mol. The van der Waals surface area contributed by atoms with Crippen molar-refractivity contribution in [1.29, 1.82) is 0 Å². The zero-order valence-electron chi connectivity index (χ0n) is 11.7. The molecule has 3 N–H and O–H groups in total. The summed E-state index contributed by atoms with van der Waals surface area (Å²) in [6.07, 6.45) is 0.268. The Morgan fingerprint density at radius 3 is 2.42 bits per heavy atom. The fourth-order valence-electron chi connectivity index (χ4n) is 1.44. The first-order valence-corrected chi connectivity index (χ1v) is 6.25. The van der Waals surface area contributed by atoms with E-state index in [2.05, 4.69) is 5.32 Å². The van der Waals surface area contributed by atoms with Crippen LogP contribution in [0.1, 0.15) is 25.8 Å². The third-order valence-electron chi connectivity index (χ3n) is 2.60. The molecule has 1 amide bonds. The number of halogens is 1. The van der Waals surface area contributed by atoms with Crippen LogP contribution in [-0.2, 0) is 4.79 Å². The summed E-state index contributed by atoms with van der Waals surface area (Å²) >= 11 is 0. The lowest BCUT2D eigenvalue weighted by Gasteiger charge is -2.15. The van der Waals surface area contributed by atoms with Gasteiger partial charge in [0.1, 0.15) is 5.75 Å². The lowest BCUT2D eigenvalue weighted by molar-refractivity contribution is -0.127. The molecule has 0 aliphatic carbocycles. The van der Waals surface area contributed by atoms with Crippen molar-refractivity contribution >= 4 is 18.3 Å². The van der Waals surface area contributed by atoms with Crippen molar-refractivity contribution in [2.75, 3.05) is 6.54 Å². The van der Waals surface area contributed by atoms with Gasteiger partial charge in [-0.05, 0) is 39.3 Å². The van der Waals surface area contributed by atoms with Gasteiger partial charge in [0.25, 0.3) is 5.91 Å². The molecule has 0 aromatic heterocycles. The summed E-state index contributed by atoms with van der Waals surface area (Å²) in [7, 11) is 0. The van der Waals surface area contributed by atoms with Gasteiger partial charge in [-0.15, -0.1) is 12.4 Å². The van der Waals surface area contributed by atoms with Crippen molar-refractivity contribution in [1.82, 2.24) is 5.32 Å². The SMILES string of the molecule is Cc1ccc(OC(C)C(=O)NCCC(C)N)cc1.Cl. The fourth-order valence-corrected chi connectivity index (χ4v) is 1.44. The van der Waals surface area contributed by atoms with Crippen molar-refractivity contribution < 1.29 is 9.53 Å². The van der Waals surface area contributed by atoms with Crippen molar-refractivity contribution in [3.05, 3.63) is 29.8 Å². The van der Waals surface area contributed by atoms with Crippen LogP contribution in [0.5, 0.6) is 5.75 Å². The molecule has 0 saturated heterocycles. The van der Waals surface area contributed by atoms with Crippen LogP contribution in [0.2, 0.25) is 0 Å². The van der Waals surface area contributed by atoms with E-state index in [1.165, 1.54) is 0 Å². The summed E-state index contributed by atoms with van der Waals surface area (Å²) in [6.45, 7) is 6.24. The number of amides is 1. The van der Waals surface area contributed by atoms with Gasteiger partial charge in [0.2, 0.25) is 0 Å². The summed E-state index contributed by atoms with van der Waals surface area (Å²) in [4.78, 5) is 11.7. The molecule has 2 atom stereocenters. The summed E-state index contributed by atoms with van der Waals surface area (Å²) in [5, 5.41) is 2.80. The largest absolute Gasteiger partial charge is 0.481 e. The number of ether oxygens (including phenoxy) is 1. The van der Waals surface area contributed by atoms with E-state index in [4.69, 9.17) is 10.5 Å². The Kier molecular flexibility index (Phi) is 8.19.